The van der Waals surface area contributed by atoms with Crippen molar-refractivity contribution in [3.63, 3.8) is 0 Å². The van der Waals surface area contributed by atoms with Gasteiger partial charge >= 0.3 is 0 Å². The highest BCUT2D eigenvalue weighted by atomic mass is 35.5. The molecular weight excluding hydrogens is 502 g/mol. The zero-order valence-electron chi connectivity index (χ0n) is 20.5. The van der Waals surface area contributed by atoms with E-state index in [4.69, 9.17) is 21.1 Å². The van der Waals surface area contributed by atoms with Crippen LogP contribution in [0.1, 0.15) is 23.9 Å². The molecule has 0 bridgehead atoms. The van der Waals surface area contributed by atoms with Gasteiger partial charge in [0, 0.05) is 23.3 Å². The molecule has 9 nitrogen and oxygen atoms in total. The predicted molar refractivity (Wildman–Crippen MR) is 142 cm³/mol. The average Bonchev–Trinajstić information content (AvgIpc) is 3.29. The summed E-state index contributed by atoms with van der Waals surface area (Å²) in [5, 5.41) is 15.2. The Hall–Kier alpha value is -3.50. The van der Waals surface area contributed by atoms with Crippen molar-refractivity contribution >= 4 is 46.9 Å². The molecular formula is C25H28ClN5O4S. The molecule has 0 saturated heterocycles. The number of carbonyl (C=O) groups is 2. The van der Waals surface area contributed by atoms with Crippen LogP contribution in [0.2, 0.25) is 5.02 Å². The van der Waals surface area contributed by atoms with Crippen molar-refractivity contribution in [1.29, 1.82) is 0 Å². The van der Waals surface area contributed by atoms with E-state index in [9.17, 15) is 9.59 Å². The lowest BCUT2D eigenvalue weighted by Gasteiger charge is -2.10. The van der Waals surface area contributed by atoms with Crippen LogP contribution >= 0.6 is 23.4 Å². The highest BCUT2D eigenvalue weighted by Crippen LogP contribution is 2.28. The van der Waals surface area contributed by atoms with Crippen molar-refractivity contribution in [3.05, 3.63) is 64.4 Å². The van der Waals surface area contributed by atoms with Gasteiger partial charge in [0.15, 0.2) is 22.5 Å². The van der Waals surface area contributed by atoms with Crippen LogP contribution in [0.4, 0.5) is 5.69 Å². The Balaban J connectivity index is 1.55. The van der Waals surface area contributed by atoms with E-state index in [1.54, 1.807) is 50.6 Å². The third-order valence-corrected chi connectivity index (χ3v) is 6.62. The number of nitrogens with zero attached hydrogens (tertiary/aromatic N) is 3. The van der Waals surface area contributed by atoms with Crippen molar-refractivity contribution in [1.82, 2.24) is 20.1 Å². The average molecular weight is 530 g/mol. The van der Waals surface area contributed by atoms with Gasteiger partial charge in [0.1, 0.15) is 0 Å². The number of amides is 2. The molecule has 190 valence electrons. The second kappa shape index (κ2) is 13.0. The molecule has 0 radical (unpaired) electrons. The summed E-state index contributed by atoms with van der Waals surface area (Å²) in [6, 6.07) is 10.7. The van der Waals surface area contributed by atoms with Crippen molar-refractivity contribution < 1.29 is 19.1 Å². The number of anilines is 1. The highest BCUT2D eigenvalue weighted by Gasteiger charge is 2.14. The number of hydrogen-bond donors (Lipinski definition) is 2. The van der Waals surface area contributed by atoms with Crippen molar-refractivity contribution in [2.24, 2.45) is 0 Å². The molecule has 36 heavy (non-hydrogen) atoms. The summed E-state index contributed by atoms with van der Waals surface area (Å²) in [5.74, 6) is 1.50. The molecule has 2 amide bonds. The number of aromatic nitrogens is 3. The molecule has 3 aromatic rings. The van der Waals surface area contributed by atoms with Gasteiger partial charge in [-0.2, -0.15) is 0 Å². The van der Waals surface area contributed by atoms with Crippen LogP contribution in [0.5, 0.6) is 11.5 Å². The van der Waals surface area contributed by atoms with Crippen LogP contribution in [-0.4, -0.2) is 46.6 Å². The van der Waals surface area contributed by atoms with Gasteiger partial charge in [-0.1, -0.05) is 35.5 Å². The predicted octanol–water partition coefficient (Wildman–Crippen LogP) is 4.34. The molecule has 0 spiro atoms. The van der Waals surface area contributed by atoms with Crippen LogP contribution in [0.25, 0.3) is 6.08 Å². The minimum atomic E-state index is -0.277. The number of rotatable bonds is 11. The Morgan fingerprint density at radius 3 is 2.64 bits per heavy atom. The minimum Gasteiger partial charge on any atom is -0.493 e. The first-order valence-corrected chi connectivity index (χ1v) is 12.5. The Kier molecular flexibility index (Phi) is 9.77. The molecule has 1 aromatic heterocycles. The molecule has 0 unspecified atom stereocenters. The lowest BCUT2D eigenvalue weighted by atomic mass is 10.2. The first-order valence-electron chi connectivity index (χ1n) is 11.1. The maximum Gasteiger partial charge on any atom is 0.244 e. The fraction of sp³-hybridized carbons (Fsp3) is 0.280. The van der Waals surface area contributed by atoms with Gasteiger partial charge in [0.05, 0.1) is 26.5 Å². The number of ether oxygens (including phenoxy) is 2. The van der Waals surface area contributed by atoms with Gasteiger partial charge in [-0.3, -0.25) is 9.59 Å². The minimum absolute atomic E-state index is 0.157. The summed E-state index contributed by atoms with van der Waals surface area (Å²) in [6.07, 6.45) is 3.12. The Labute approximate surface area is 219 Å². The van der Waals surface area contributed by atoms with E-state index in [0.717, 1.165) is 11.1 Å². The molecule has 0 aliphatic rings. The summed E-state index contributed by atoms with van der Waals surface area (Å²) >= 11 is 7.39. The van der Waals surface area contributed by atoms with Gasteiger partial charge in [-0.25, -0.2) is 0 Å². The molecule has 11 heteroatoms. The number of benzene rings is 2. The van der Waals surface area contributed by atoms with Gasteiger partial charge in [-0.15, -0.1) is 10.2 Å². The summed E-state index contributed by atoms with van der Waals surface area (Å²) < 4.78 is 12.4. The van der Waals surface area contributed by atoms with E-state index in [1.807, 2.05) is 24.5 Å². The van der Waals surface area contributed by atoms with Crippen LogP contribution in [0, 0.1) is 6.92 Å². The first-order chi connectivity index (χ1) is 17.4. The molecule has 0 fully saturated rings. The standard InChI is InChI=1S/C25H28ClN5O4S/c1-5-31-22(14-27-23(32)12-10-17-9-11-20(34-3)21(13-17)35-4)29-30-25(31)36-15-24(33)28-19-8-6-7-18(26)16(19)2/h6-13H,5,14-15H2,1-4H3,(H,27,32)(H,28,33)/b12-10+. The fourth-order valence-corrected chi connectivity index (χ4v) is 4.28. The Bertz CT molecular complexity index is 1260. The third-order valence-electron chi connectivity index (χ3n) is 5.24. The van der Waals surface area contributed by atoms with E-state index in [2.05, 4.69) is 20.8 Å². The zero-order valence-corrected chi connectivity index (χ0v) is 22.1. The number of carbonyl (C=O) groups excluding carboxylic acids is 2. The van der Waals surface area contributed by atoms with E-state index >= 15 is 0 Å². The lowest BCUT2D eigenvalue weighted by Crippen LogP contribution is -2.22. The molecule has 2 N–H and O–H groups in total. The number of hydrogen-bond acceptors (Lipinski definition) is 7. The maximum atomic E-state index is 12.4. The van der Waals surface area contributed by atoms with E-state index in [-0.39, 0.29) is 24.1 Å². The molecule has 3 rings (SSSR count). The number of halogens is 1. The highest BCUT2D eigenvalue weighted by molar-refractivity contribution is 7.99. The molecule has 0 aliphatic carbocycles. The smallest absolute Gasteiger partial charge is 0.244 e. The second-order valence-corrected chi connectivity index (χ2v) is 8.91. The van der Waals surface area contributed by atoms with E-state index < -0.39 is 0 Å². The van der Waals surface area contributed by atoms with E-state index in [0.29, 0.717) is 39.7 Å². The normalized spacial score (nSPS) is 10.9. The Morgan fingerprint density at radius 2 is 1.92 bits per heavy atom. The summed E-state index contributed by atoms with van der Waals surface area (Å²) in [6.45, 7) is 4.59. The third kappa shape index (κ3) is 7.02. The van der Waals surface area contributed by atoms with Gasteiger partial charge < -0.3 is 24.7 Å². The monoisotopic (exact) mass is 529 g/mol. The lowest BCUT2D eigenvalue weighted by molar-refractivity contribution is -0.116. The van der Waals surface area contributed by atoms with E-state index in [1.165, 1.54) is 17.8 Å². The topological polar surface area (TPSA) is 107 Å². The molecule has 2 aromatic carbocycles. The number of methoxy groups -OCH3 is 2. The van der Waals surface area contributed by atoms with Crippen LogP contribution in [0.3, 0.4) is 0 Å². The Morgan fingerprint density at radius 1 is 1.14 bits per heavy atom. The van der Waals surface area contributed by atoms with Crippen LogP contribution in [-0.2, 0) is 22.7 Å². The molecule has 1 heterocycles. The van der Waals surface area contributed by atoms with Crippen molar-refractivity contribution in [3.8, 4) is 11.5 Å². The van der Waals surface area contributed by atoms with Gasteiger partial charge in [0.25, 0.3) is 0 Å². The molecule has 0 aliphatic heterocycles. The summed E-state index contributed by atoms with van der Waals surface area (Å²) in [4.78, 5) is 24.8. The number of thioether (sulfide) groups is 1. The second-order valence-electron chi connectivity index (χ2n) is 7.56. The quantitative estimate of drug-likeness (QED) is 0.281. The number of nitrogens with one attached hydrogen (secondary N) is 2. The fourth-order valence-electron chi connectivity index (χ4n) is 3.29. The van der Waals surface area contributed by atoms with Crippen LogP contribution in [0.15, 0.2) is 47.6 Å². The molecule has 0 atom stereocenters. The first kappa shape index (κ1) is 27.1. The van der Waals surface area contributed by atoms with Gasteiger partial charge in [0.2, 0.25) is 11.8 Å². The van der Waals surface area contributed by atoms with Gasteiger partial charge in [-0.05, 0) is 55.3 Å². The zero-order chi connectivity index (χ0) is 26.1. The summed E-state index contributed by atoms with van der Waals surface area (Å²) in [5.41, 5.74) is 2.28. The van der Waals surface area contributed by atoms with Crippen molar-refractivity contribution in [2.75, 3.05) is 25.3 Å². The van der Waals surface area contributed by atoms with Crippen LogP contribution < -0.4 is 20.1 Å². The largest absolute Gasteiger partial charge is 0.493 e. The van der Waals surface area contributed by atoms with Crippen molar-refractivity contribution in [2.45, 2.75) is 32.1 Å². The SMILES string of the molecule is CCn1c(CNC(=O)/C=C/c2ccc(OC)c(OC)c2)nnc1SCC(=O)Nc1cccc(Cl)c1C. The summed E-state index contributed by atoms with van der Waals surface area (Å²) in [7, 11) is 3.12. The molecule has 0 saturated carbocycles. The maximum absolute atomic E-state index is 12.4.